The number of fused-ring (bicyclic) bond motifs is 1. The third kappa shape index (κ3) is 2.23. The van der Waals surface area contributed by atoms with Gasteiger partial charge in [0.05, 0.1) is 16.7 Å². The predicted molar refractivity (Wildman–Crippen MR) is 85.9 cm³/mol. The number of nitrogens with zero attached hydrogens (tertiary/aromatic N) is 2. The monoisotopic (exact) mass is 431 g/mol. The summed E-state index contributed by atoms with van der Waals surface area (Å²) in [6.07, 6.45) is 0. The molecule has 0 aliphatic carbocycles. The van der Waals surface area contributed by atoms with Gasteiger partial charge >= 0.3 is 0 Å². The van der Waals surface area contributed by atoms with Crippen LogP contribution in [0.3, 0.4) is 0 Å². The van der Waals surface area contributed by atoms with Gasteiger partial charge in [0.1, 0.15) is 5.82 Å². The molecule has 0 fully saturated rings. The summed E-state index contributed by atoms with van der Waals surface area (Å²) in [7, 11) is 0. The summed E-state index contributed by atoms with van der Waals surface area (Å²) in [5.74, 6) is -0.0721. The summed E-state index contributed by atoms with van der Waals surface area (Å²) < 4.78 is 17.4. The highest BCUT2D eigenvalue weighted by Gasteiger charge is 2.13. The van der Waals surface area contributed by atoms with E-state index in [0.29, 0.717) is 10.2 Å². The van der Waals surface area contributed by atoms with E-state index in [4.69, 9.17) is 5.73 Å². The molecule has 2 N–H and O–H groups in total. The number of hydrogen-bond acceptors (Lipinski definition) is 2. The Labute approximate surface area is 130 Å². The lowest BCUT2D eigenvalue weighted by Crippen LogP contribution is -2.02. The number of hydrogen-bond donors (Lipinski definition) is 1. The molecule has 3 rings (SSSR count). The average Bonchev–Trinajstić information content (AvgIpc) is 2.65. The van der Waals surface area contributed by atoms with Crippen LogP contribution >= 0.6 is 38.5 Å². The van der Waals surface area contributed by atoms with Gasteiger partial charge < -0.3 is 5.73 Å². The van der Waals surface area contributed by atoms with Crippen molar-refractivity contribution in [3.8, 4) is 5.69 Å². The van der Waals surface area contributed by atoms with E-state index in [0.717, 1.165) is 14.6 Å². The molecule has 0 aliphatic heterocycles. The van der Waals surface area contributed by atoms with Crippen LogP contribution in [0.5, 0.6) is 0 Å². The Morgan fingerprint density at radius 1 is 1.21 bits per heavy atom. The lowest BCUT2D eigenvalue weighted by Gasteiger charge is -2.08. The van der Waals surface area contributed by atoms with Gasteiger partial charge in [0.2, 0.25) is 5.95 Å². The first kappa shape index (κ1) is 12.9. The Hall–Kier alpha value is -1.15. The number of anilines is 1. The highest BCUT2D eigenvalue weighted by molar-refractivity contribution is 14.1. The van der Waals surface area contributed by atoms with Crippen LogP contribution in [0, 0.1) is 9.39 Å². The van der Waals surface area contributed by atoms with Crippen molar-refractivity contribution in [3.05, 3.63) is 50.3 Å². The number of nitrogen functional groups attached to an aromatic ring is 1. The summed E-state index contributed by atoms with van der Waals surface area (Å²) in [5, 5.41) is 0. The number of imidazole rings is 1. The van der Waals surface area contributed by atoms with Crippen LogP contribution in [0.4, 0.5) is 10.3 Å². The maximum atomic E-state index is 14.1. The zero-order chi connectivity index (χ0) is 13.6. The molecule has 19 heavy (non-hydrogen) atoms. The largest absolute Gasteiger partial charge is 0.369 e. The summed E-state index contributed by atoms with van der Waals surface area (Å²) in [6, 6.07) is 10.6. The quantitative estimate of drug-likeness (QED) is 0.589. The van der Waals surface area contributed by atoms with Gasteiger partial charge in [-0.2, -0.15) is 0 Å². The molecule has 0 spiro atoms. The van der Waals surface area contributed by atoms with Gasteiger partial charge in [-0.1, -0.05) is 15.9 Å². The molecular weight excluding hydrogens is 424 g/mol. The average molecular weight is 432 g/mol. The van der Waals surface area contributed by atoms with Gasteiger partial charge in [0, 0.05) is 8.04 Å². The van der Waals surface area contributed by atoms with Crippen molar-refractivity contribution in [1.82, 2.24) is 9.55 Å². The zero-order valence-electron chi connectivity index (χ0n) is 9.57. The van der Waals surface area contributed by atoms with Crippen LogP contribution in [0.1, 0.15) is 0 Å². The number of halogens is 3. The highest BCUT2D eigenvalue weighted by atomic mass is 127. The smallest absolute Gasteiger partial charge is 0.206 e. The Bertz CT molecular complexity index is 785. The second-order valence-corrected chi connectivity index (χ2v) is 6.20. The van der Waals surface area contributed by atoms with Crippen LogP contribution in [0.25, 0.3) is 16.7 Å². The van der Waals surface area contributed by atoms with Crippen molar-refractivity contribution < 1.29 is 4.39 Å². The van der Waals surface area contributed by atoms with Gasteiger partial charge in [-0.3, -0.25) is 4.57 Å². The summed E-state index contributed by atoms with van der Waals surface area (Å²) in [6.45, 7) is 0. The van der Waals surface area contributed by atoms with Gasteiger partial charge in [-0.15, -0.1) is 0 Å². The normalized spacial score (nSPS) is 11.1. The zero-order valence-corrected chi connectivity index (χ0v) is 13.3. The van der Waals surface area contributed by atoms with E-state index < -0.39 is 0 Å². The second kappa shape index (κ2) is 4.75. The van der Waals surface area contributed by atoms with Gasteiger partial charge in [-0.05, 0) is 59.0 Å². The number of benzene rings is 2. The topological polar surface area (TPSA) is 43.8 Å². The van der Waals surface area contributed by atoms with E-state index in [1.165, 1.54) is 6.07 Å². The minimum atomic E-state index is -0.348. The Morgan fingerprint density at radius 2 is 2.00 bits per heavy atom. The van der Waals surface area contributed by atoms with Crippen LogP contribution in [-0.4, -0.2) is 9.55 Å². The molecule has 0 atom stereocenters. The van der Waals surface area contributed by atoms with Crippen molar-refractivity contribution in [2.75, 3.05) is 5.73 Å². The molecule has 96 valence electrons. The fraction of sp³-hybridized carbons (Fsp3) is 0. The SMILES string of the molecule is Nc1nc2cc(I)ccc2n1-c1ccc(Br)cc1F. The summed E-state index contributed by atoms with van der Waals surface area (Å²) >= 11 is 5.44. The Kier molecular flexibility index (Phi) is 3.22. The molecule has 0 bridgehead atoms. The molecule has 3 nitrogen and oxygen atoms in total. The maximum Gasteiger partial charge on any atom is 0.206 e. The lowest BCUT2D eigenvalue weighted by molar-refractivity contribution is 0.619. The van der Waals surface area contributed by atoms with E-state index in [9.17, 15) is 4.39 Å². The second-order valence-electron chi connectivity index (χ2n) is 4.03. The van der Waals surface area contributed by atoms with Crippen LogP contribution in [-0.2, 0) is 0 Å². The molecule has 0 aliphatic rings. The van der Waals surface area contributed by atoms with Crippen molar-refractivity contribution in [3.63, 3.8) is 0 Å². The third-order valence-electron chi connectivity index (χ3n) is 2.79. The van der Waals surface area contributed by atoms with E-state index in [1.807, 2.05) is 18.2 Å². The summed E-state index contributed by atoms with van der Waals surface area (Å²) in [4.78, 5) is 4.27. The minimum absolute atomic E-state index is 0.276. The Morgan fingerprint density at radius 3 is 2.74 bits per heavy atom. The lowest BCUT2D eigenvalue weighted by atomic mass is 10.2. The highest BCUT2D eigenvalue weighted by Crippen LogP contribution is 2.27. The van der Waals surface area contributed by atoms with Crippen molar-refractivity contribution in [1.29, 1.82) is 0 Å². The van der Waals surface area contributed by atoms with Crippen molar-refractivity contribution >= 4 is 55.5 Å². The molecule has 6 heteroatoms. The molecule has 0 unspecified atom stereocenters. The number of rotatable bonds is 1. The Balaban J connectivity index is 2.33. The molecule has 0 amide bonds. The fourth-order valence-electron chi connectivity index (χ4n) is 1.99. The fourth-order valence-corrected chi connectivity index (χ4v) is 2.80. The van der Waals surface area contributed by atoms with Crippen LogP contribution < -0.4 is 5.73 Å². The maximum absolute atomic E-state index is 14.1. The molecule has 0 radical (unpaired) electrons. The molecule has 1 heterocycles. The van der Waals surface area contributed by atoms with Crippen LogP contribution in [0.2, 0.25) is 0 Å². The minimum Gasteiger partial charge on any atom is -0.369 e. The molecule has 3 aromatic rings. The molecule has 2 aromatic carbocycles. The number of nitrogens with two attached hydrogens (primary N) is 1. The van der Waals surface area contributed by atoms with Gasteiger partial charge in [0.15, 0.2) is 0 Å². The first-order valence-corrected chi connectivity index (χ1v) is 7.32. The molecular formula is C13H8BrFIN3. The van der Waals surface area contributed by atoms with E-state index >= 15 is 0 Å². The van der Waals surface area contributed by atoms with Gasteiger partial charge in [0.25, 0.3) is 0 Å². The van der Waals surface area contributed by atoms with E-state index in [2.05, 4.69) is 43.5 Å². The molecule has 0 saturated carbocycles. The van der Waals surface area contributed by atoms with Crippen LogP contribution in [0.15, 0.2) is 40.9 Å². The summed E-state index contributed by atoms with van der Waals surface area (Å²) in [5.41, 5.74) is 7.85. The third-order valence-corrected chi connectivity index (χ3v) is 3.96. The van der Waals surface area contributed by atoms with Crippen molar-refractivity contribution in [2.24, 2.45) is 0 Å². The first-order chi connectivity index (χ1) is 9.06. The van der Waals surface area contributed by atoms with Gasteiger partial charge in [-0.25, -0.2) is 9.37 Å². The standard InChI is InChI=1S/C13H8BrFIN3/c14-7-1-3-11(9(15)5-7)19-12-4-2-8(16)6-10(12)18-13(19)17/h1-6H,(H2,17,18). The van der Waals surface area contributed by atoms with E-state index in [1.54, 1.807) is 16.7 Å². The first-order valence-electron chi connectivity index (χ1n) is 5.45. The molecule has 0 saturated heterocycles. The number of aromatic nitrogens is 2. The van der Waals surface area contributed by atoms with Crippen molar-refractivity contribution in [2.45, 2.75) is 0 Å². The van der Waals surface area contributed by atoms with E-state index in [-0.39, 0.29) is 11.8 Å². The molecule has 1 aromatic heterocycles. The predicted octanol–water partition coefficient (Wildman–Crippen LogP) is 4.11.